The monoisotopic (exact) mass is 904 g/mol. The van der Waals surface area contributed by atoms with Gasteiger partial charge in [-0.05, 0) is 84.2 Å². The molecule has 2 heterocycles. The molecule has 0 bridgehead atoms. The van der Waals surface area contributed by atoms with Crippen molar-refractivity contribution in [1.29, 1.82) is 0 Å². The lowest BCUT2D eigenvalue weighted by atomic mass is 10.2. The number of nitrogens with one attached hydrogen (secondary N) is 2. The normalized spacial score (nSPS) is 10.5. The average molecular weight is 906 g/mol. The molecule has 0 fully saturated rings. The summed E-state index contributed by atoms with van der Waals surface area (Å²) in [5.41, 5.74) is 3.09. The quantitative estimate of drug-likeness (QED) is 0.0650. The third-order valence-electron chi connectivity index (χ3n) is 7.44. The lowest BCUT2D eigenvalue weighted by molar-refractivity contribution is 0.0588. The van der Waals surface area contributed by atoms with Gasteiger partial charge < -0.3 is 24.2 Å². The highest BCUT2D eigenvalue weighted by Crippen LogP contribution is 2.41. The topological polar surface area (TPSA) is 145 Å². The third-order valence-corrected chi connectivity index (χ3v) is 11.1. The summed E-state index contributed by atoms with van der Waals surface area (Å²) in [6.07, 6.45) is 3.60. The molecule has 302 valence electrons. The van der Waals surface area contributed by atoms with E-state index in [-0.39, 0.29) is 29.5 Å². The van der Waals surface area contributed by atoms with Crippen molar-refractivity contribution in [3.63, 3.8) is 0 Å². The van der Waals surface area contributed by atoms with E-state index in [1.807, 2.05) is 48.7 Å². The van der Waals surface area contributed by atoms with Crippen LogP contribution in [-0.2, 0) is 22.5 Å². The first kappa shape index (κ1) is 45.7. The van der Waals surface area contributed by atoms with Crippen LogP contribution in [0.25, 0.3) is 21.8 Å². The number of fused-ring (bicyclic) bond motifs is 2. The van der Waals surface area contributed by atoms with Gasteiger partial charge in [0.1, 0.15) is 11.6 Å². The summed E-state index contributed by atoms with van der Waals surface area (Å²) in [5.74, 6) is -1.62. The first-order valence-corrected chi connectivity index (χ1v) is 22.5. The van der Waals surface area contributed by atoms with Crippen LogP contribution in [0.4, 0.5) is 8.78 Å². The summed E-state index contributed by atoms with van der Waals surface area (Å²) in [6.45, 7) is 0. The number of H-pyrrole nitrogens is 2. The number of carbonyl (C=O) groups is 3. The molecule has 0 unspecified atom stereocenters. The summed E-state index contributed by atoms with van der Waals surface area (Å²) >= 11 is 1.45. The van der Waals surface area contributed by atoms with Gasteiger partial charge in [0.25, 0.3) is 0 Å². The number of aromatic amines is 2. The first-order valence-electron chi connectivity index (χ1n) is 16.4. The zero-order chi connectivity index (χ0) is 42.2. The fourth-order valence-electron chi connectivity index (χ4n) is 4.85. The van der Waals surface area contributed by atoms with Crippen LogP contribution in [0.2, 0.25) is 0 Å². The van der Waals surface area contributed by atoms with E-state index in [0.29, 0.717) is 16.7 Å². The molecule has 0 aliphatic carbocycles. The Labute approximate surface area is 353 Å². The van der Waals surface area contributed by atoms with Gasteiger partial charge in [0, 0.05) is 69.8 Å². The number of methoxy groups -OCH3 is 3. The van der Waals surface area contributed by atoms with E-state index in [9.17, 15) is 23.2 Å². The maximum atomic E-state index is 13.2. The van der Waals surface area contributed by atoms with Crippen LogP contribution < -0.4 is 0 Å². The van der Waals surface area contributed by atoms with Crippen molar-refractivity contribution in [2.24, 2.45) is 0 Å². The molecule has 0 radical (unpaired) electrons. The molecule has 0 saturated heterocycles. The van der Waals surface area contributed by atoms with Crippen LogP contribution in [-0.4, -0.2) is 57.6 Å². The molecule has 18 heteroatoms. The van der Waals surface area contributed by atoms with Gasteiger partial charge in [-0.3, -0.25) is 0 Å². The Balaban J connectivity index is 0.000000191. The number of hydrogen-bond acceptors (Lipinski definition) is 11. The zero-order valence-electron chi connectivity index (χ0n) is 30.5. The van der Waals surface area contributed by atoms with Crippen molar-refractivity contribution in [2.75, 3.05) is 21.3 Å². The average Bonchev–Trinajstić information content (AvgIpc) is 3.85. The molecule has 5 aromatic carbocycles. The maximum Gasteiger partial charge on any atom is 0.339 e. The molecule has 0 aliphatic rings. The Morgan fingerprint density at radius 2 is 1.00 bits per heavy atom. The van der Waals surface area contributed by atoms with Crippen LogP contribution >= 0.6 is 54.7 Å². The number of ether oxygens (including phenoxy) is 3. The predicted octanol–water partition coefficient (Wildman–Crippen LogP) is 11.3. The molecular formula is C40H32Cl2F2N2O8S4. The van der Waals surface area contributed by atoms with E-state index >= 15 is 0 Å². The summed E-state index contributed by atoms with van der Waals surface area (Å²) in [5, 5.41) is 1.96. The lowest BCUT2D eigenvalue weighted by Crippen LogP contribution is -2.03. The van der Waals surface area contributed by atoms with Gasteiger partial charge in [-0.2, -0.15) is 8.42 Å². The van der Waals surface area contributed by atoms with Crippen molar-refractivity contribution in [3.05, 3.63) is 156 Å². The molecule has 0 amide bonds. The van der Waals surface area contributed by atoms with Crippen molar-refractivity contribution >= 4 is 103 Å². The molecule has 0 saturated carbocycles. The van der Waals surface area contributed by atoms with Crippen LogP contribution in [0.5, 0.6) is 0 Å². The molecule has 0 atom stereocenters. The number of halogens is 4. The fourth-order valence-corrected chi connectivity index (χ4v) is 8.25. The SMILES string of the molecule is COC(=O)c1ccccc1SSc1ccccc1C(=O)OC.COC(=O)c1ccccc1Sc1c[nH]c2cc(F)ccc12.Fc1ccc2cc[nH]c2c1.O=S(=O)(Cl)Cl. The molecule has 7 rings (SSSR count). The summed E-state index contributed by atoms with van der Waals surface area (Å²) in [7, 11) is 11.7. The number of rotatable bonds is 8. The van der Waals surface area contributed by atoms with Crippen molar-refractivity contribution in [1.82, 2.24) is 9.97 Å². The minimum atomic E-state index is -3.72. The molecule has 0 aliphatic heterocycles. The van der Waals surface area contributed by atoms with E-state index in [2.05, 4.69) is 31.3 Å². The Hall–Kier alpha value is -4.97. The third kappa shape index (κ3) is 13.9. The predicted molar refractivity (Wildman–Crippen MR) is 226 cm³/mol. The lowest BCUT2D eigenvalue weighted by Gasteiger charge is -2.09. The van der Waals surface area contributed by atoms with Gasteiger partial charge >= 0.3 is 26.2 Å². The van der Waals surface area contributed by atoms with Crippen LogP contribution in [0.1, 0.15) is 31.1 Å². The number of hydrogen-bond donors (Lipinski definition) is 2. The molecule has 7 aromatic rings. The molecular weight excluding hydrogens is 874 g/mol. The van der Waals surface area contributed by atoms with Crippen molar-refractivity contribution in [3.8, 4) is 0 Å². The van der Waals surface area contributed by atoms with E-state index in [1.165, 1.54) is 78.9 Å². The molecule has 2 aromatic heterocycles. The van der Waals surface area contributed by atoms with Gasteiger partial charge in [0.15, 0.2) is 0 Å². The molecule has 0 spiro atoms. The molecule has 58 heavy (non-hydrogen) atoms. The summed E-state index contributed by atoms with van der Waals surface area (Å²) in [6, 6.07) is 32.8. The Kier molecular flexibility index (Phi) is 17.5. The standard InChI is InChI=1S/C16H12FNO2S.C16H14O4S2.C8H6FN.Cl2O2S/c1-20-16(19)12-4-2-3-5-14(12)21-15-9-18-13-8-10(17)6-7-11(13)15;1-19-15(17)11-7-3-5-9-13(11)21-22-14-10-6-4-8-12(14)16(18)20-2;9-7-2-1-6-3-4-10-8(6)5-7;1-5(2,3)4/h2-9,18H,1H3;3-10H,1-2H3;1-5,10H;. The minimum Gasteiger partial charge on any atom is -0.465 e. The number of benzene rings is 5. The van der Waals surface area contributed by atoms with Crippen molar-refractivity contribution in [2.45, 2.75) is 19.6 Å². The highest BCUT2D eigenvalue weighted by atomic mass is 36.0. The van der Waals surface area contributed by atoms with E-state index < -0.39 is 8.26 Å². The van der Waals surface area contributed by atoms with Gasteiger partial charge in [-0.15, -0.1) is 0 Å². The van der Waals surface area contributed by atoms with Crippen LogP contribution in [0, 0.1) is 11.6 Å². The Morgan fingerprint density at radius 3 is 1.50 bits per heavy atom. The van der Waals surface area contributed by atoms with Gasteiger partial charge in [0.2, 0.25) is 0 Å². The van der Waals surface area contributed by atoms with E-state index in [0.717, 1.165) is 41.4 Å². The second-order valence-electron chi connectivity index (χ2n) is 11.2. The van der Waals surface area contributed by atoms with E-state index in [4.69, 9.17) is 22.6 Å². The zero-order valence-corrected chi connectivity index (χ0v) is 35.3. The summed E-state index contributed by atoms with van der Waals surface area (Å²) < 4.78 is 58.4. The second kappa shape index (κ2) is 22.3. The van der Waals surface area contributed by atoms with Gasteiger partial charge in [-0.1, -0.05) is 69.7 Å². The van der Waals surface area contributed by atoms with Crippen molar-refractivity contribution < 1.29 is 45.8 Å². The largest absolute Gasteiger partial charge is 0.465 e. The Bertz CT molecular complexity index is 2560. The van der Waals surface area contributed by atoms with Gasteiger partial charge in [-0.25, -0.2) is 23.2 Å². The highest BCUT2D eigenvalue weighted by molar-refractivity contribution is 8.76. The smallest absolute Gasteiger partial charge is 0.339 e. The minimum absolute atomic E-state index is 0.199. The fraction of sp³-hybridized carbons (Fsp3) is 0.0750. The number of aromatic nitrogens is 2. The summed E-state index contributed by atoms with van der Waals surface area (Å²) in [4.78, 5) is 44.5. The van der Waals surface area contributed by atoms with E-state index in [1.54, 1.807) is 54.7 Å². The van der Waals surface area contributed by atoms with Gasteiger partial charge in [0.05, 0.1) is 38.0 Å². The van der Waals surface area contributed by atoms with Crippen LogP contribution in [0.3, 0.4) is 0 Å². The number of esters is 3. The first-order chi connectivity index (χ1) is 27.7. The highest BCUT2D eigenvalue weighted by Gasteiger charge is 2.16. The number of carbonyl (C=O) groups excluding carboxylic acids is 3. The second-order valence-corrected chi connectivity index (χ2v) is 18.1. The molecule has 2 N–H and O–H groups in total. The Morgan fingerprint density at radius 1 is 0.569 bits per heavy atom. The molecule has 10 nitrogen and oxygen atoms in total. The maximum absolute atomic E-state index is 13.2. The van der Waals surface area contributed by atoms with Crippen LogP contribution in [0.15, 0.2) is 147 Å².